The first kappa shape index (κ1) is 25.7. The molecule has 37 heavy (non-hydrogen) atoms. The van der Waals surface area contributed by atoms with Crippen LogP contribution in [0.25, 0.3) is 5.69 Å². The van der Waals surface area contributed by atoms with Gasteiger partial charge in [0, 0.05) is 24.8 Å². The summed E-state index contributed by atoms with van der Waals surface area (Å²) in [6.45, 7) is 6.21. The fourth-order valence-corrected chi connectivity index (χ4v) is 4.07. The van der Waals surface area contributed by atoms with Gasteiger partial charge in [-0.1, -0.05) is 12.1 Å². The molecule has 4 rings (SSSR count). The second-order valence-corrected chi connectivity index (χ2v) is 8.68. The van der Waals surface area contributed by atoms with Gasteiger partial charge >= 0.3 is 17.7 Å². The Kier molecular flexibility index (Phi) is 7.16. The molecule has 0 spiro atoms. The lowest BCUT2D eigenvalue weighted by Crippen LogP contribution is -2.45. The van der Waals surface area contributed by atoms with Gasteiger partial charge in [0.15, 0.2) is 0 Å². The predicted molar refractivity (Wildman–Crippen MR) is 129 cm³/mol. The van der Waals surface area contributed by atoms with Gasteiger partial charge in [-0.25, -0.2) is 18.8 Å². The molecule has 0 radical (unpaired) electrons. The van der Waals surface area contributed by atoms with Crippen molar-refractivity contribution in [3.8, 4) is 5.69 Å². The lowest BCUT2D eigenvalue weighted by atomic mass is 10.1. The van der Waals surface area contributed by atoms with Crippen molar-refractivity contribution in [1.82, 2.24) is 24.7 Å². The molecule has 0 saturated carbocycles. The number of carboxylic acid groups (broad SMARTS) is 1. The zero-order chi connectivity index (χ0) is 26.9. The number of carbonyl (C=O) groups is 3. The van der Waals surface area contributed by atoms with Crippen molar-refractivity contribution in [3.63, 3.8) is 0 Å². The number of rotatable bonds is 5. The van der Waals surface area contributed by atoms with E-state index in [4.69, 9.17) is 4.74 Å². The molecule has 0 unspecified atom stereocenters. The number of para-hydroxylation sites is 1. The van der Waals surface area contributed by atoms with Gasteiger partial charge in [-0.2, -0.15) is 4.68 Å². The quantitative estimate of drug-likeness (QED) is 0.512. The zero-order valence-electron chi connectivity index (χ0n) is 20.4. The smallest absolute Gasteiger partial charge is 0.377 e. The van der Waals surface area contributed by atoms with E-state index in [0.717, 1.165) is 6.07 Å². The van der Waals surface area contributed by atoms with Crippen LogP contribution in [0.5, 0.6) is 0 Å². The highest BCUT2D eigenvalue weighted by atomic mass is 19.1. The maximum absolute atomic E-state index is 15.0. The number of benzene rings is 2. The SMILES string of the molecule is Cc1ccc(N(C(=O)n2nnn(-c3c(F)cccc3C(=O)N3CCOCC3)c2=O)C(C)C)cc1C(=O)O. The molecule has 12 nitrogen and oxygen atoms in total. The summed E-state index contributed by atoms with van der Waals surface area (Å²) in [4.78, 5) is 54.0. The molecule has 0 bridgehead atoms. The van der Waals surface area contributed by atoms with Crippen molar-refractivity contribution in [2.75, 3.05) is 31.2 Å². The molecule has 3 aromatic rings. The van der Waals surface area contributed by atoms with Crippen molar-refractivity contribution in [2.24, 2.45) is 0 Å². The number of aryl methyl sites for hydroxylation is 1. The summed E-state index contributed by atoms with van der Waals surface area (Å²) in [7, 11) is 0. The number of aromatic carboxylic acids is 1. The van der Waals surface area contributed by atoms with E-state index in [1.54, 1.807) is 32.9 Å². The fraction of sp³-hybridized carbons (Fsp3) is 0.333. The Balaban J connectivity index is 1.76. The summed E-state index contributed by atoms with van der Waals surface area (Å²) in [5.74, 6) is -2.59. The predicted octanol–water partition coefficient (Wildman–Crippen LogP) is 1.93. The molecule has 1 saturated heterocycles. The van der Waals surface area contributed by atoms with Crippen LogP contribution in [0.15, 0.2) is 41.2 Å². The molecule has 1 aliphatic rings. The number of ether oxygens (including phenoxy) is 1. The van der Waals surface area contributed by atoms with Crippen LogP contribution in [0, 0.1) is 12.7 Å². The van der Waals surface area contributed by atoms with Crippen molar-refractivity contribution < 1.29 is 28.6 Å². The highest BCUT2D eigenvalue weighted by Crippen LogP contribution is 2.23. The largest absolute Gasteiger partial charge is 0.478 e. The fourth-order valence-electron chi connectivity index (χ4n) is 4.07. The minimum Gasteiger partial charge on any atom is -0.478 e. The number of carboxylic acids is 1. The number of tetrazole rings is 1. The second kappa shape index (κ2) is 10.3. The van der Waals surface area contributed by atoms with Gasteiger partial charge in [0.2, 0.25) is 0 Å². The molecule has 1 fully saturated rings. The summed E-state index contributed by atoms with van der Waals surface area (Å²) in [6, 6.07) is 6.74. The van der Waals surface area contributed by atoms with Gasteiger partial charge in [0.1, 0.15) is 11.5 Å². The first-order chi connectivity index (χ1) is 17.6. The van der Waals surface area contributed by atoms with Crippen LogP contribution in [0.3, 0.4) is 0 Å². The van der Waals surface area contributed by atoms with E-state index < -0.39 is 41.1 Å². The van der Waals surface area contributed by atoms with Crippen LogP contribution < -0.4 is 10.6 Å². The molecule has 13 heteroatoms. The average molecular weight is 512 g/mol. The molecule has 1 aromatic heterocycles. The number of nitrogens with zero attached hydrogens (tertiary/aromatic N) is 6. The summed E-state index contributed by atoms with van der Waals surface area (Å²) in [6.07, 6.45) is 0. The number of aromatic nitrogens is 4. The monoisotopic (exact) mass is 512 g/mol. The zero-order valence-corrected chi connectivity index (χ0v) is 20.4. The lowest BCUT2D eigenvalue weighted by molar-refractivity contribution is 0.0302. The number of amides is 2. The maximum Gasteiger partial charge on any atom is 0.377 e. The first-order valence-corrected chi connectivity index (χ1v) is 11.5. The Bertz CT molecular complexity index is 1430. The topological polar surface area (TPSA) is 140 Å². The van der Waals surface area contributed by atoms with Crippen molar-refractivity contribution >= 4 is 23.6 Å². The van der Waals surface area contributed by atoms with E-state index in [1.165, 1.54) is 28.0 Å². The van der Waals surface area contributed by atoms with E-state index in [-0.39, 0.29) is 16.8 Å². The standard InChI is InChI=1S/C24H25FN6O6/c1-14(2)29(16-8-7-15(3)18(13-16)22(33)34)23(35)31-24(36)30(26-27-31)20-17(5-4-6-19(20)25)21(32)28-9-11-37-12-10-28/h4-8,13-14H,9-12H2,1-3H3,(H,33,34). The Hall–Kier alpha value is -4.39. The lowest BCUT2D eigenvalue weighted by Gasteiger charge is -2.27. The molecule has 2 amide bonds. The van der Waals surface area contributed by atoms with Gasteiger partial charge < -0.3 is 14.7 Å². The third-order valence-corrected chi connectivity index (χ3v) is 5.94. The van der Waals surface area contributed by atoms with E-state index in [9.17, 15) is 28.7 Å². The molecule has 194 valence electrons. The molecule has 1 aliphatic heterocycles. The Morgan fingerprint density at radius 2 is 1.78 bits per heavy atom. The van der Waals surface area contributed by atoms with Crippen LogP contribution in [0.2, 0.25) is 0 Å². The van der Waals surface area contributed by atoms with Gasteiger partial charge in [-0.05, 0) is 61.0 Å². The van der Waals surface area contributed by atoms with Crippen molar-refractivity contribution in [2.45, 2.75) is 26.8 Å². The number of morpholine rings is 1. The molecule has 0 aliphatic carbocycles. The minimum atomic E-state index is -1.17. The van der Waals surface area contributed by atoms with Gasteiger partial charge in [-0.3, -0.25) is 9.69 Å². The number of carbonyl (C=O) groups excluding carboxylic acids is 2. The van der Waals surface area contributed by atoms with Crippen LogP contribution in [-0.4, -0.2) is 80.0 Å². The van der Waals surface area contributed by atoms with Gasteiger partial charge in [0.05, 0.1) is 24.3 Å². The number of hydrogen-bond acceptors (Lipinski definition) is 7. The van der Waals surface area contributed by atoms with E-state index in [0.29, 0.717) is 41.2 Å². The Morgan fingerprint density at radius 1 is 1.08 bits per heavy atom. The average Bonchev–Trinajstić information content (AvgIpc) is 3.25. The highest BCUT2D eigenvalue weighted by molar-refractivity contribution is 5.98. The van der Waals surface area contributed by atoms with E-state index >= 15 is 0 Å². The molecule has 2 aromatic carbocycles. The molecular weight excluding hydrogens is 487 g/mol. The first-order valence-electron chi connectivity index (χ1n) is 11.5. The van der Waals surface area contributed by atoms with Crippen LogP contribution >= 0.6 is 0 Å². The summed E-state index contributed by atoms with van der Waals surface area (Å²) < 4.78 is 21.2. The molecular formula is C24H25FN6O6. The summed E-state index contributed by atoms with van der Waals surface area (Å²) in [5.41, 5.74) is -0.936. The van der Waals surface area contributed by atoms with Gasteiger partial charge in [0.25, 0.3) is 5.91 Å². The summed E-state index contributed by atoms with van der Waals surface area (Å²) in [5, 5.41) is 16.8. The highest BCUT2D eigenvalue weighted by Gasteiger charge is 2.29. The second-order valence-electron chi connectivity index (χ2n) is 8.68. The number of anilines is 1. The Labute approximate surface area is 210 Å². The molecule has 0 atom stereocenters. The third-order valence-electron chi connectivity index (χ3n) is 5.94. The Morgan fingerprint density at radius 3 is 2.43 bits per heavy atom. The van der Waals surface area contributed by atoms with Crippen LogP contribution in [0.4, 0.5) is 14.9 Å². The molecule has 1 N–H and O–H groups in total. The van der Waals surface area contributed by atoms with Crippen LogP contribution in [-0.2, 0) is 4.74 Å². The molecule has 2 heterocycles. The number of halogens is 1. The summed E-state index contributed by atoms with van der Waals surface area (Å²) >= 11 is 0. The van der Waals surface area contributed by atoms with Gasteiger partial charge in [-0.15, -0.1) is 4.68 Å². The number of hydrogen-bond donors (Lipinski definition) is 1. The van der Waals surface area contributed by atoms with Crippen LogP contribution in [0.1, 0.15) is 40.1 Å². The maximum atomic E-state index is 15.0. The van der Waals surface area contributed by atoms with E-state index in [2.05, 4.69) is 10.4 Å². The minimum absolute atomic E-state index is 0.00965. The van der Waals surface area contributed by atoms with Crippen molar-refractivity contribution in [3.05, 3.63) is 69.4 Å². The third kappa shape index (κ3) is 4.85. The van der Waals surface area contributed by atoms with Crippen molar-refractivity contribution in [1.29, 1.82) is 0 Å². The normalized spacial score (nSPS) is 13.6. The van der Waals surface area contributed by atoms with E-state index in [1.807, 2.05) is 0 Å².